The van der Waals surface area contributed by atoms with Crippen molar-refractivity contribution in [2.24, 2.45) is 5.73 Å². The molecule has 3 N–H and O–H groups in total. The van der Waals surface area contributed by atoms with Crippen molar-refractivity contribution < 1.29 is 32.2 Å². The number of nitrogens with zero attached hydrogens (tertiary/aromatic N) is 2. The van der Waals surface area contributed by atoms with Crippen LogP contribution in [0.2, 0.25) is 0 Å². The SMILES string of the molecule is CCOC(=O)C1=CN(c2ccc(F)cc2F)C2NC(N3CCC4(C3)OCC(CN)O4)=C(F)C=C2C1. The zero-order chi connectivity index (χ0) is 24.7. The number of ether oxygens (including phenoxy) is 3. The quantitative estimate of drug-likeness (QED) is 0.606. The molecule has 11 heteroatoms. The standard InChI is InChI=1S/C24H27F3N4O4/c1-2-33-23(32)15-7-14-8-19(27)22(30-6-5-24(13-30)34-12-17(10-28)35-24)29-21(14)31(11-15)20-4-3-16(25)9-18(20)26/h3-4,8-9,11,17,21,29H,2,5-7,10,12-13,28H2,1H3. The van der Waals surface area contributed by atoms with Gasteiger partial charge in [-0.3, -0.25) is 0 Å². The summed E-state index contributed by atoms with van der Waals surface area (Å²) in [7, 11) is 0. The lowest BCUT2D eigenvalue weighted by atomic mass is 9.95. The van der Waals surface area contributed by atoms with Gasteiger partial charge in [-0.25, -0.2) is 18.0 Å². The number of esters is 1. The first-order chi connectivity index (χ1) is 16.8. The highest BCUT2D eigenvalue weighted by Gasteiger charge is 2.48. The van der Waals surface area contributed by atoms with Crippen LogP contribution < -0.4 is 16.0 Å². The van der Waals surface area contributed by atoms with Crippen LogP contribution in [0.5, 0.6) is 0 Å². The summed E-state index contributed by atoms with van der Waals surface area (Å²) in [6.45, 7) is 3.31. The van der Waals surface area contributed by atoms with Crippen LogP contribution in [0.15, 0.2) is 53.3 Å². The van der Waals surface area contributed by atoms with E-state index in [4.69, 9.17) is 19.9 Å². The van der Waals surface area contributed by atoms with Crippen molar-refractivity contribution >= 4 is 11.7 Å². The van der Waals surface area contributed by atoms with Gasteiger partial charge in [0.1, 0.15) is 23.6 Å². The number of benzene rings is 1. The molecular weight excluding hydrogens is 465 g/mol. The van der Waals surface area contributed by atoms with E-state index in [2.05, 4.69) is 5.32 Å². The van der Waals surface area contributed by atoms with Crippen molar-refractivity contribution in [3.63, 3.8) is 0 Å². The Bertz CT molecular complexity index is 1120. The third-order valence-corrected chi connectivity index (χ3v) is 6.54. The molecule has 1 spiro atoms. The number of dihydropyridines is 1. The second-order valence-corrected chi connectivity index (χ2v) is 8.89. The Balaban J connectivity index is 1.46. The highest BCUT2D eigenvalue weighted by atomic mass is 19.1. The van der Waals surface area contributed by atoms with Crippen LogP contribution >= 0.6 is 0 Å². The summed E-state index contributed by atoms with van der Waals surface area (Å²) in [5.74, 6) is -3.29. The van der Waals surface area contributed by atoms with Crippen molar-refractivity contribution in [1.82, 2.24) is 10.2 Å². The maximum atomic E-state index is 15.3. The van der Waals surface area contributed by atoms with E-state index in [0.717, 1.165) is 12.1 Å². The largest absolute Gasteiger partial charge is 0.463 e. The minimum Gasteiger partial charge on any atom is -0.463 e. The molecule has 0 aliphatic carbocycles. The Labute approximate surface area is 200 Å². The van der Waals surface area contributed by atoms with Gasteiger partial charge in [0.2, 0.25) is 0 Å². The van der Waals surface area contributed by atoms with E-state index in [0.29, 0.717) is 38.2 Å². The lowest BCUT2D eigenvalue weighted by Gasteiger charge is -2.41. The molecule has 2 saturated heterocycles. The molecule has 0 bridgehead atoms. The monoisotopic (exact) mass is 492 g/mol. The number of nitrogens with two attached hydrogens (primary N) is 1. The van der Waals surface area contributed by atoms with Gasteiger partial charge in [-0.15, -0.1) is 0 Å². The van der Waals surface area contributed by atoms with Crippen LogP contribution in [-0.2, 0) is 19.0 Å². The van der Waals surface area contributed by atoms with E-state index in [1.165, 1.54) is 23.2 Å². The molecule has 4 aliphatic heterocycles. The summed E-state index contributed by atoms with van der Waals surface area (Å²) >= 11 is 0. The number of halogens is 3. The van der Waals surface area contributed by atoms with Crippen LogP contribution in [0.3, 0.4) is 0 Å². The second kappa shape index (κ2) is 9.21. The van der Waals surface area contributed by atoms with E-state index < -0.39 is 35.4 Å². The Morgan fingerprint density at radius 2 is 2.17 bits per heavy atom. The van der Waals surface area contributed by atoms with Crippen molar-refractivity contribution in [2.45, 2.75) is 37.8 Å². The predicted molar refractivity (Wildman–Crippen MR) is 120 cm³/mol. The number of likely N-dealkylation sites (tertiary alicyclic amines) is 1. The van der Waals surface area contributed by atoms with Gasteiger partial charge < -0.3 is 35.1 Å². The normalized spacial score (nSPS) is 28.1. The summed E-state index contributed by atoms with van der Waals surface area (Å²) < 4.78 is 60.7. The molecule has 188 valence electrons. The molecule has 5 rings (SSSR count). The maximum absolute atomic E-state index is 15.3. The second-order valence-electron chi connectivity index (χ2n) is 8.89. The van der Waals surface area contributed by atoms with Gasteiger partial charge >= 0.3 is 5.97 Å². The highest BCUT2D eigenvalue weighted by molar-refractivity contribution is 5.90. The summed E-state index contributed by atoms with van der Waals surface area (Å²) in [5.41, 5.74) is 6.47. The number of hydrogen-bond donors (Lipinski definition) is 2. The van der Waals surface area contributed by atoms with E-state index in [9.17, 15) is 13.6 Å². The molecule has 4 heterocycles. The van der Waals surface area contributed by atoms with E-state index in [1.807, 2.05) is 0 Å². The highest BCUT2D eigenvalue weighted by Crippen LogP contribution is 2.39. The van der Waals surface area contributed by atoms with Crippen LogP contribution in [0.1, 0.15) is 19.8 Å². The van der Waals surface area contributed by atoms with Gasteiger partial charge in [0.05, 0.1) is 37.1 Å². The summed E-state index contributed by atoms with van der Waals surface area (Å²) in [5, 5.41) is 3.16. The van der Waals surface area contributed by atoms with Crippen molar-refractivity contribution in [3.8, 4) is 0 Å². The van der Waals surface area contributed by atoms with E-state index >= 15 is 4.39 Å². The first kappa shape index (κ1) is 23.7. The molecule has 0 aromatic heterocycles. The molecule has 1 aromatic rings. The van der Waals surface area contributed by atoms with Gasteiger partial charge in [-0.1, -0.05) is 0 Å². The topological polar surface area (TPSA) is 89.3 Å². The predicted octanol–water partition coefficient (Wildman–Crippen LogP) is 2.39. The zero-order valence-electron chi connectivity index (χ0n) is 19.2. The minimum atomic E-state index is -0.852. The van der Waals surface area contributed by atoms with Crippen LogP contribution in [0.4, 0.5) is 18.9 Å². The number of anilines is 1. The number of carbonyl (C=O) groups is 1. The van der Waals surface area contributed by atoms with Crippen LogP contribution in [-0.4, -0.2) is 61.8 Å². The fourth-order valence-electron chi connectivity index (χ4n) is 4.89. The molecule has 0 radical (unpaired) electrons. The molecule has 0 amide bonds. The number of nitrogens with one attached hydrogen (secondary N) is 1. The molecule has 3 unspecified atom stereocenters. The first-order valence-corrected chi connectivity index (χ1v) is 11.6. The number of fused-ring (bicyclic) bond motifs is 1. The van der Waals surface area contributed by atoms with Gasteiger partial charge in [0.15, 0.2) is 11.6 Å². The van der Waals surface area contributed by atoms with Crippen molar-refractivity contribution in [1.29, 1.82) is 0 Å². The molecule has 3 atom stereocenters. The Hall–Kier alpha value is -3.02. The molecule has 2 fully saturated rings. The van der Waals surface area contributed by atoms with Crippen molar-refractivity contribution in [2.75, 3.05) is 37.7 Å². The van der Waals surface area contributed by atoms with Gasteiger partial charge in [0, 0.05) is 38.2 Å². The lowest BCUT2D eigenvalue weighted by molar-refractivity contribution is -0.154. The smallest absolute Gasteiger partial charge is 0.335 e. The lowest BCUT2D eigenvalue weighted by Crippen LogP contribution is -2.52. The van der Waals surface area contributed by atoms with Gasteiger partial charge in [0.25, 0.3) is 0 Å². The van der Waals surface area contributed by atoms with E-state index in [-0.39, 0.29) is 36.2 Å². The van der Waals surface area contributed by atoms with E-state index in [1.54, 1.807) is 11.8 Å². The maximum Gasteiger partial charge on any atom is 0.335 e. The van der Waals surface area contributed by atoms with Crippen LogP contribution in [0, 0.1) is 11.6 Å². The fraction of sp³-hybridized carbons (Fsp3) is 0.458. The number of rotatable bonds is 5. The molecule has 1 aromatic carbocycles. The third-order valence-electron chi connectivity index (χ3n) is 6.54. The summed E-state index contributed by atoms with van der Waals surface area (Å²) in [6, 6.07) is 3.17. The van der Waals surface area contributed by atoms with Crippen LogP contribution in [0.25, 0.3) is 0 Å². The molecule has 4 aliphatic rings. The Kier molecular flexibility index (Phi) is 6.24. The number of allylic oxidation sites excluding steroid dienone is 2. The first-order valence-electron chi connectivity index (χ1n) is 11.6. The fourth-order valence-corrected chi connectivity index (χ4v) is 4.89. The third kappa shape index (κ3) is 4.39. The molecule has 35 heavy (non-hydrogen) atoms. The molecule has 0 saturated carbocycles. The van der Waals surface area contributed by atoms with Gasteiger partial charge in [-0.2, -0.15) is 0 Å². The number of carbonyl (C=O) groups excluding carboxylic acids is 1. The summed E-state index contributed by atoms with van der Waals surface area (Å²) in [6.07, 6.45) is 2.55. The minimum absolute atomic E-state index is 0.0316. The average Bonchev–Trinajstić information content (AvgIpc) is 3.44. The van der Waals surface area contributed by atoms with Crippen molar-refractivity contribution in [3.05, 3.63) is 64.9 Å². The summed E-state index contributed by atoms with van der Waals surface area (Å²) in [4.78, 5) is 15.7. The molecule has 8 nitrogen and oxygen atoms in total. The Morgan fingerprint density at radius 3 is 2.89 bits per heavy atom. The zero-order valence-corrected chi connectivity index (χ0v) is 19.2. The molecular formula is C24H27F3N4O4. The average molecular weight is 492 g/mol. The number of hydrogen-bond acceptors (Lipinski definition) is 8. The van der Waals surface area contributed by atoms with Gasteiger partial charge in [-0.05, 0) is 30.7 Å². The Morgan fingerprint density at radius 1 is 1.34 bits per heavy atom.